The maximum absolute atomic E-state index is 13.1. The Labute approximate surface area is 193 Å². The minimum atomic E-state index is -0.992. The van der Waals surface area contributed by atoms with Gasteiger partial charge in [0.05, 0.1) is 17.0 Å². The van der Waals surface area contributed by atoms with Crippen molar-refractivity contribution in [3.63, 3.8) is 0 Å². The Hall–Kier alpha value is -4.10. The largest absolute Gasteiger partial charge is 0.478 e. The van der Waals surface area contributed by atoms with Crippen molar-refractivity contribution in [1.82, 2.24) is 9.47 Å². The Morgan fingerprint density at radius 3 is 2.45 bits per heavy atom. The fraction of sp³-hybridized carbons (Fsp3) is 0.0385. The summed E-state index contributed by atoms with van der Waals surface area (Å²) in [4.78, 5) is 38.5. The predicted octanol–water partition coefficient (Wildman–Crippen LogP) is 5.57. The van der Waals surface area contributed by atoms with E-state index in [9.17, 15) is 14.4 Å². The number of benzene rings is 3. The number of carboxylic acids is 1. The first kappa shape index (κ1) is 20.8. The molecule has 2 heterocycles. The van der Waals surface area contributed by atoms with Crippen LogP contribution >= 0.6 is 11.8 Å². The molecule has 33 heavy (non-hydrogen) atoms. The molecule has 5 rings (SSSR count). The maximum Gasteiger partial charge on any atom is 0.335 e. The van der Waals surface area contributed by atoms with E-state index in [0.29, 0.717) is 10.6 Å². The normalized spacial score (nSPS) is 15.0. The lowest BCUT2D eigenvalue weighted by molar-refractivity contribution is -0.123. The first-order chi connectivity index (χ1) is 16.0. The number of amides is 2. The number of fused-ring (bicyclic) bond motifs is 1. The van der Waals surface area contributed by atoms with Crippen molar-refractivity contribution in [2.24, 2.45) is 0 Å². The molecule has 6 nitrogen and oxygen atoms in total. The number of aromatic nitrogens is 1. The third kappa shape index (κ3) is 3.94. The van der Waals surface area contributed by atoms with Gasteiger partial charge in [-0.25, -0.2) is 4.79 Å². The summed E-state index contributed by atoms with van der Waals surface area (Å²) in [5.74, 6) is -1.32. The van der Waals surface area contributed by atoms with E-state index in [4.69, 9.17) is 5.11 Å². The second-order valence-electron chi connectivity index (χ2n) is 7.56. The van der Waals surface area contributed by atoms with E-state index in [0.717, 1.165) is 33.8 Å². The highest BCUT2D eigenvalue weighted by atomic mass is 32.2. The molecule has 0 unspecified atom stereocenters. The quantitative estimate of drug-likeness (QED) is 0.399. The minimum Gasteiger partial charge on any atom is -0.478 e. The molecular formula is C26H18N2O4S. The SMILES string of the molecule is O=C(O)c1ccc(-n2cccc2/C=C2/SC(=O)N(Cc3cccc4ccccc34)C2=O)cc1. The van der Waals surface area contributed by atoms with Crippen LogP contribution in [0.25, 0.3) is 22.5 Å². The molecule has 0 spiro atoms. The number of carboxylic acid groups (broad SMARTS) is 1. The number of hydrogen-bond acceptors (Lipinski definition) is 4. The van der Waals surface area contributed by atoms with E-state index in [1.807, 2.05) is 65.4 Å². The van der Waals surface area contributed by atoms with E-state index in [1.165, 1.54) is 17.0 Å². The molecule has 0 atom stereocenters. The zero-order valence-electron chi connectivity index (χ0n) is 17.3. The van der Waals surface area contributed by atoms with Crippen LogP contribution in [0.1, 0.15) is 21.6 Å². The van der Waals surface area contributed by atoms with E-state index in [1.54, 1.807) is 18.2 Å². The van der Waals surface area contributed by atoms with Crippen LogP contribution in [0.3, 0.4) is 0 Å². The standard InChI is InChI=1S/C26H18N2O4S/c29-24-23(15-21-8-4-14-27(21)20-12-10-18(11-13-20)25(30)31)33-26(32)28(24)16-19-7-3-6-17-5-1-2-9-22(17)19/h1-15H,16H2,(H,30,31)/b23-15+. The van der Waals surface area contributed by atoms with Gasteiger partial charge in [-0.1, -0.05) is 42.5 Å². The third-order valence-corrected chi connectivity index (χ3v) is 6.44. The van der Waals surface area contributed by atoms with Crippen molar-refractivity contribution in [3.05, 3.63) is 107 Å². The summed E-state index contributed by atoms with van der Waals surface area (Å²) in [5.41, 5.74) is 2.58. The van der Waals surface area contributed by atoms with Gasteiger partial charge in [-0.15, -0.1) is 0 Å². The summed E-state index contributed by atoms with van der Waals surface area (Å²) in [7, 11) is 0. The molecule has 2 amide bonds. The number of rotatable bonds is 5. The Bertz CT molecular complexity index is 1430. The summed E-state index contributed by atoms with van der Waals surface area (Å²) < 4.78 is 1.84. The van der Waals surface area contributed by atoms with Gasteiger partial charge in [-0.2, -0.15) is 0 Å². The molecule has 1 N–H and O–H groups in total. The lowest BCUT2D eigenvalue weighted by atomic mass is 10.0. The van der Waals surface area contributed by atoms with Crippen molar-refractivity contribution in [2.75, 3.05) is 0 Å². The van der Waals surface area contributed by atoms with Gasteiger partial charge in [0.1, 0.15) is 0 Å². The summed E-state index contributed by atoms with van der Waals surface area (Å²) >= 11 is 0.922. The molecule has 0 aliphatic carbocycles. The Morgan fingerprint density at radius 2 is 1.67 bits per heavy atom. The lowest BCUT2D eigenvalue weighted by Gasteiger charge is -2.14. The van der Waals surface area contributed by atoms with Crippen molar-refractivity contribution in [3.8, 4) is 5.69 Å². The fourth-order valence-electron chi connectivity index (χ4n) is 3.88. The molecule has 4 aromatic rings. The molecular weight excluding hydrogens is 436 g/mol. The highest BCUT2D eigenvalue weighted by molar-refractivity contribution is 8.18. The topological polar surface area (TPSA) is 79.6 Å². The molecule has 1 aliphatic heterocycles. The first-order valence-electron chi connectivity index (χ1n) is 10.2. The van der Waals surface area contributed by atoms with Gasteiger partial charge in [0, 0.05) is 17.6 Å². The summed E-state index contributed by atoms with van der Waals surface area (Å²) in [6.07, 6.45) is 3.51. The van der Waals surface area contributed by atoms with Crippen LogP contribution in [0.5, 0.6) is 0 Å². The molecule has 3 aromatic carbocycles. The van der Waals surface area contributed by atoms with Crippen LogP contribution < -0.4 is 0 Å². The van der Waals surface area contributed by atoms with Gasteiger partial charge in [0.15, 0.2) is 0 Å². The summed E-state index contributed by atoms with van der Waals surface area (Å²) in [6.45, 7) is 0.209. The fourth-order valence-corrected chi connectivity index (χ4v) is 4.71. The molecule has 7 heteroatoms. The van der Waals surface area contributed by atoms with Gasteiger partial charge in [-0.05, 0) is 70.6 Å². The van der Waals surface area contributed by atoms with Crippen LogP contribution in [0, 0.1) is 0 Å². The highest BCUT2D eigenvalue weighted by Gasteiger charge is 2.35. The number of thioether (sulfide) groups is 1. The third-order valence-electron chi connectivity index (χ3n) is 5.53. The van der Waals surface area contributed by atoms with Gasteiger partial charge in [0.2, 0.25) is 0 Å². The summed E-state index contributed by atoms with van der Waals surface area (Å²) in [5, 5.41) is 10.9. The number of aromatic carboxylic acids is 1. The molecule has 0 saturated carbocycles. The van der Waals surface area contributed by atoms with Crippen molar-refractivity contribution >= 4 is 45.7 Å². The Balaban J connectivity index is 1.42. The van der Waals surface area contributed by atoms with Crippen LogP contribution in [-0.2, 0) is 11.3 Å². The second kappa shape index (κ2) is 8.44. The number of carbonyl (C=O) groups is 3. The molecule has 1 saturated heterocycles. The Morgan fingerprint density at radius 1 is 0.909 bits per heavy atom. The minimum absolute atomic E-state index is 0.196. The van der Waals surface area contributed by atoms with Crippen molar-refractivity contribution in [2.45, 2.75) is 6.54 Å². The molecule has 1 aromatic heterocycles. The lowest BCUT2D eigenvalue weighted by Crippen LogP contribution is -2.27. The first-order valence-corrected chi connectivity index (χ1v) is 11.1. The molecule has 1 aliphatic rings. The van der Waals surface area contributed by atoms with Crippen LogP contribution in [-0.4, -0.2) is 31.7 Å². The van der Waals surface area contributed by atoms with Crippen molar-refractivity contribution < 1.29 is 19.5 Å². The molecule has 162 valence electrons. The monoisotopic (exact) mass is 454 g/mol. The average molecular weight is 455 g/mol. The van der Waals surface area contributed by atoms with E-state index >= 15 is 0 Å². The number of imide groups is 1. The number of nitrogens with zero attached hydrogens (tertiary/aromatic N) is 2. The average Bonchev–Trinajstić information content (AvgIpc) is 3.39. The van der Waals surface area contributed by atoms with Crippen LogP contribution in [0.4, 0.5) is 4.79 Å². The van der Waals surface area contributed by atoms with E-state index in [-0.39, 0.29) is 23.3 Å². The zero-order valence-corrected chi connectivity index (χ0v) is 18.2. The second-order valence-corrected chi connectivity index (χ2v) is 8.55. The van der Waals surface area contributed by atoms with Crippen molar-refractivity contribution in [1.29, 1.82) is 0 Å². The number of hydrogen-bond donors (Lipinski definition) is 1. The van der Waals surface area contributed by atoms with Crippen LogP contribution in [0.2, 0.25) is 0 Å². The van der Waals surface area contributed by atoms with E-state index in [2.05, 4.69) is 0 Å². The van der Waals surface area contributed by atoms with E-state index < -0.39 is 5.97 Å². The zero-order chi connectivity index (χ0) is 22.9. The van der Waals surface area contributed by atoms with Crippen LogP contribution in [0.15, 0.2) is 90.0 Å². The number of carbonyl (C=O) groups excluding carboxylic acids is 2. The smallest absolute Gasteiger partial charge is 0.335 e. The highest BCUT2D eigenvalue weighted by Crippen LogP contribution is 2.34. The van der Waals surface area contributed by atoms with Gasteiger partial charge in [0.25, 0.3) is 11.1 Å². The maximum atomic E-state index is 13.1. The van der Waals surface area contributed by atoms with Gasteiger partial charge in [-0.3, -0.25) is 14.5 Å². The predicted molar refractivity (Wildman–Crippen MR) is 128 cm³/mol. The summed E-state index contributed by atoms with van der Waals surface area (Å²) in [6, 6.07) is 23.9. The van der Waals surface area contributed by atoms with Gasteiger partial charge >= 0.3 is 5.97 Å². The molecule has 0 radical (unpaired) electrons. The molecule has 1 fully saturated rings. The Kier molecular flexibility index (Phi) is 5.32. The molecule has 0 bridgehead atoms. The van der Waals surface area contributed by atoms with Gasteiger partial charge < -0.3 is 9.67 Å².